The van der Waals surface area contributed by atoms with Gasteiger partial charge in [-0.25, -0.2) is 4.79 Å². The Morgan fingerprint density at radius 1 is 0.846 bits per heavy atom. The quantitative estimate of drug-likeness (QED) is 0.727. The predicted molar refractivity (Wildman–Crippen MR) is 104 cm³/mol. The lowest BCUT2D eigenvalue weighted by atomic mass is 9.94. The van der Waals surface area contributed by atoms with Crippen molar-refractivity contribution in [2.45, 2.75) is 51.2 Å². The Labute approximate surface area is 156 Å². The molecule has 142 valence electrons. The largest absolute Gasteiger partial charge is 0.459 e. The molecule has 1 unspecified atom stereocenters. The monoisotopic (exact) mass is 358 g/mol. The Kier molecular flexibility index (Phi) is 9.03. The van der Waals surface area contributed by atoms with Gasteiger partial charge in [0.2, 0.25) is 0 Å². The maximum absolute atomic E-state index is 11.8. The number of aliphatic hydroxyl groups is 2. The third-order valence-electron chi connectivity index (χ3n) is 3.69. The van der Waals surface area contributed by atoms with Gasteiger partial charge in [-0.15, -0.1) is 0 Å². The Hall–Kier alpha value is -2.17. The standard InChI is InChI=1S/C16H24O4.C6H6/c1-15(2,18)10-7-11-16(3,19)12-20-14(17)13-8-5-4-6-9-13;1-2-4-6-5-3-1/h4-6,8-9,18-19H,7,10-12H2,1-3H3;1-6H. The zero-order valence-corrected chi connectivity index (χ0v) is 15.9. The fourth-order valence-corrected chi connectivity index (χ4v) is 2.24. The van der Waals surface area contributed by atoms with Crippen molar-refractivity contribution < 1.29 is 19.7 Å². The lowest BCUT2D eigenvalue weighted by molar-refractivity contribution is -0.0304. The molecule has 26 heavy (non-hydrogen) atoms. The lowest BCUT2D eigenvalue weighted by Gasteiger charge is -2.24. The second-order valence-electron chi connectivity index (χ2n) is 7.26. The molecule has 2 rings (SSSR count). The highest BCUT2D eigenvalue weighted by molar-refractivity contribution is 5.89. The Bertz CT molecular complexity index is 589. The SMILES string of the molecule is CC(C)(O)CCCC(C)(O)COC(=O)c1ccccc1.c1ccccc1. The molecule has 0 aliphatic rings. The van der Waals surface area contributed by atoms with Gasteiger partial charge in [0.05, 0.1) is 16.8 Å². The van der Waals surface area contributed by atoms with Crippen LogP contribution >= 0.6 is 0 Å². The van der Waals surface area contributed by atoms with E-state index < -0.39 is 17.2 Å². The number of hydrogen-bond donors (Lipinski definition) is 2. The van der Waals surface area contributed by atoms with Crippen LogP contribution in [0.25, 0.3) is 0 Å². The summed E-state index contributed by atoms with van der Waals surface area (Å²) in [5.74, 6) is -0.437. The van der Waals surface area contributed by atoms with Crippen LogP contribution in [0.1, 0.15) is 50.4 Å². The molecular weight excluding hydrogens is 328 g/mol. The van der Waals surface area contributed by atoms with Crippen LogP contribution in [0.5, 0.6) is 0 Å². The molecule has 4 nitrogen and oxygen atoms in total. The van der Waals surface area contributed by atoms with Gasteiger partial charge in [-0.3, -0.25) is 0 Å². The van der Waals surface area contributed by atoms with Crippen molar-refractivity contribution in [3.05, 3.63) is 72.3 Å². The van der Waals surface area contributed by atoms with E-state index in [1.54, 1.807) is 45.0 Å². The highest BCUT2D eigenvalue weighted by atomic mass is 16.5. The highest BCUT2D eigenvalue weighted by Crippen LogP contribution is 2.19. The Balaban J connectivity index is 0.000000472. The zero-order valence-electron chi connectivity index (χ0n) is 15.9. The number of hydrogen-bond acceptors (Lipinski definition) is 4. The van der Waals surface area contributed by atoms with E-state index in [2.05, 4.69) is 0 Å². The predicted octanol–water partition coefficient (Wildman–Crippen LogP) is 4.22. The summed E-state index contributed by atoms with van der Waals surface area (Å²) in [5, 5.41) is 19.8. The van der Waals surface area contributed by atoms with Crippen LogP contribution in [0.4, 0.5) is 0 Å². The summed E-state index contributed by atoms with van der Waals surface area (Å²) in [6.07, 6.45) is 1.73. The van der Waals surface area contributed by atoms with Gasteiger partial charge >= 0.3 is 5.97 Å². The van der Waals surface area contributed by atoms with Crippen molar-refractivity contribution in [2.75, 3.05) is 6.61 Å². The first kappa shape index (κ1) is 21.9. The van der Waals surface area contributed by atoms with Crippen LogP contribution in [-0.4, -0.2) is 34.0 Å². The second-order valence-corrected chi connectivity index (χ2v) is 7.26. The zero-order chi connectivity index (χ0) is 19.5. The first-order chi connectivity index (χ1) is 12.2. The maximum Gasteiger partial charge on any atom is 0.338 e. The van der Waals surface area contributed by atoms with Crippen LogP contribution in [0, 0.1) is 0 Å². The fraction of sp³-hybridized carbons (Fsp3) is 0.409. The third kappa shape index (κ3) is 10.6. The van der Waals surface area contributed by atoms with E-state index >= 15 is 0 Å². The molecular formula is C22H30O4. The topological polar surface area (TPSA) is 66.8 Å². The summed E-state index contributed by atoms with van der Waals surface area (Å²) >= 11 is 0. The molecule has 0 bridgehead atoms. The average molecular weight is 358 g/mol. The Morgan fingerprint density at radius 2 is 1.31 bits per heavy atom. The summed E-state index contributed by atoms with van der Waals surface area (Å²) in [4.78, 5) is 11.8. The van der Waals surface area contributed by atoms with E-state index in [0.717, 1.165) is 0 Å². The first-order valence-electron chi connectivity index (χ1n) is 8.87. The molecule has 0 radical (unpaired) electrons. The fourth-order valence-electron chi connectivity index (χ4n) is 2.24. The van der Waals surface area contributed by atoms with Crippen LogP contribution in [0.15, 0.2) is 66.7 Å². The number of rotatable bonds is 7. The molecule has 0 aliphatic heterocycles. The van der Waals surface area contributed by atoms with Crippen LogP contribution < -0.4 is 0 Å². The molecule has 0 saturated heterocycles. The van der Waals surface area contributed by atoms with Crippen molar-refractivity contribution in [2.24, 2.45) is 0 Å². The summed E-state index contributed by atoms with van der Waals surface area (Å²) in [6.45, 7) is 5.05. The van der Waals surface area contributed by atoms with E-state index in [0.29, 0.717) is 24.8 Å². The maximum atomic E-state index is 11.8. The molecule has 2 aromatic rings. The van der Waals surface area contributed by atoms with Crippen molar-refractivity contribution >= 4 is 5.97 Å². The average Bonchev–Trinajstić information content (AvgIpc) is 2.61. The molecule has 0 amide bonds. The molecule has 2 N–H and O–H groups in total. The van der Waals surface area contributed by atoms with Gasteiger partial charge in [0.1, 0.15) is 6.61 Å². The summed E-state index contributed by atoms with van der Waals surface area (Å²) < 4.78 is 5.12. The number of esters is 1. The van der Waals surface area contributed by atoms with Crippen LogP contribution in [0.2, 0.25) is 0 Å². The van der Waals surface area contributed by atoms with E-state index in [9.17, 15) is 15.0 Å². The van der Waals surface area contributed by atoms with Gasteiger partial charge in [0, 0.05) is 0 Å². The van der Waals surface area contributed by atoms with E-state index in [1.807, 2.05) is 42.5 Å². The normalized spacial score (nSPS) is 13.1. The number of ether oxygens (including phenoxy) is 1. The van der Waals surface area contributed by atoms with E-state index in [-0.39, 0.29) is 6.61 Å². The first-order valence-corrected chi connectivity index (χ1v) is 8.87. The van der Waals surface area contributed by atoms with Gasteiger partial charge in [0.15, 0.2) is 0 Å². The highest BCUT2D eigenvalue weighted by Gasteiger charge is 2.24. The van der Waals surface area contributed by atoms with Gasteiger partial charge in [-0.05, 0) is 52.2 Å². The molecule has 1 atom stereocenters. The third-order valence-corrected chi connectivity index (χ3v) is 3.69. The smallest absolute Gasteiger partial charge is 0.338 e. The molecule has 0 saturated carbocycles. The van der Waals surface area contributed by atoms with E-state index in [4.69, 9.17) is 4.74 Å². The molecule has 0 fully saturated rings. The molecule has 4 heteroatoms. The molecule has 0 spiro atoms. The minimum absolute atomic E-state index is 0.0490. The van der Waals surface area contributed by atoms with Crippen molar-refractivity contribution in [1.82, 2.24) is 0 Å². The molecule has 0 aliphatic carbocycles. The molecule has 0 heterocycles. The van der Waals surface area contributed by atoms with E-state index in [1.165, 1.54) is 0 Å². The molecule has 0 aromatic heterocycles. The van der Waals surface area contributed by atoms with Gasteiger partial charge < -0.3 is 14.9 Å². The second kappa shape index (κ2) is 10.7. The number of carbonyl (C=O) groups excluding carboxylic acids is 1. The van der Waals surface area contributed by atoms with Gasteiger partial charge in [-0.2, -0.15) is 0 Å². The van der Waals surface area contributed by atoms with Crippen molar-refractivity contribution in [1.29, 1.82) is 0 Å². The van der Waals surface area contributed by atoms with Crippen LogP contribution in [-0.2, 0) is 4.74 Å². The van der Waals surface area contributed by atoms with Gasteiger partial charge in [-0.1, -0.05) is 54.6 Å². The minimum Gasteiger partial charge on any atom is -0.459 e. The number of benzene rings is 2. The van der Waals surface area contributed by atoms with Crippen LogP contribution in [0.3, 0.4) is 0 Å². The number of carbonyl (C=O) groups is 1. The Morgan fingerprint density at radius 3 is 1.77 bits per heavy atom. The summed E-state index contributed by atoms with van der Waals surface area (Å²) in [5.41, 5.74) is -1.34. The lowest BCUT2D eigenvalue weighted by Crippen LogP contribution is -2.32. The molecule has 2 aromatic carbocycles. The summed E-state index contributed by atoms with van der Waals surface area (Å²) in [6, 6.07) is 20.7. The van der Waals surface area contributed by atoms with Crippen molar-refractivity contribution in [3.63, 3.8) is 0 Å². The summed E-state index contributed by atoms with van der Waals surface area (Å²) in [7, 11) is 0. The minimum atomic E-state index is -1.07. The van der Waals surface area contributed by atoms with Gasteiger partial charge in [0.25, 0.3) is 0 Å². The van der Waals surface area contributed by atoms with Crippen molar-refractivity contribution in [3.8, 4) is 0 Å².